The average Bonchev–Trinajstić information content (AvgIpc) is 3.07. The van der Waals surface area contributed by atoms with E-state index in [4.69, 9.17) is 0 Å². The van der Waals surface area contributed by atoms with Crippen molar-refractivity contribution in [3.8, 4) is 0 Å². The molecule has 0 unspecified atom stereocenters. The monoisotopic (exact) mass is 373 g/mol. The molecule has 2 N–H and O–H groups in total. The van der Waals surface area contributed by atoms with Gasteiger partial charge in [0.1, 0.15) is 5.82 Å². The molecule has 2 aromatic heterocycles. The first-order valence-corrected chi connectivity index (χ1v) is 8.71. The number of carbonyl (C=O) groups excluding carboxylic acids is 2. The maximum Gasteiger partial charge on any atom is 0.296 e. The van der Waals surface area contributed by atoms with Crippen LogP contribution in [0.25, 0.3) is 10.9 Å². The summed E-state index contributed by atoms with van der Waals surface area (Å²) in [7, 11) is 0. The number of nitrogens with one attached hydrogen (secondary N) is 2. The Bertz CT molecular complexity index is 1150. The van der Waals surface area contributed by atoms with Crippen LogP contribution in [-0.4, -0.2) is 21.7 Å². The van der Waals surface area contributed by atoms with Crippen molar-refractivity contribution < 1.29 is 14.0 Å². The van der Waals surface area contributed by atoms with Crippen LogP contribution in [0, 0.1) is 5.82 Å². The lowest BCUT2D eigenvalue weighted by Crippen LogP contribution is -2.23. The quantitative estimate of drug-likeness (QED) is 0.408. The van der Waals surface area contributed by atoms with Crippen molar-refractivity contribution in [3.63, 3.8) is 0 Å². The van der Waals surface area contributed by atoms with Crippen molar-refractivity contribution >= 4 is 28.3 Å². The Kier molecular flexibility index (Phi) is 4.68. The summed E-state index contributed by atoms with van der Waals surface area (Å²) >= 11 is 0. The van der Waals surface area contributed by atoms with Gasteiger partial charge in [-0.25, -0.2) is 4.39 Å². The molecule has 1 amide bonds. The molecule has 0 aliphatic heterocycles. The number of para-hydroxylation sites is 1. The number of amides is 1. The number of fused-ring (bicyclic) bond motifs is 1. The molecule has 0 saturated heterocycles. The SMILES string of the molecule is O=C(Nc1ccc(F)cc1)C(=O)c1c(Cc2cccnc2)[nH]c2ccccc12. The Morgan fingerprint density at radius 1 is 1.00 bits per heavy atom. The molecule has 0 atom stereocenters. The number of rotatable bonds is 5. The van der Waals surface area contributed by atoms with Gasteiger partial charge in [0.2, 0.25) is 0 Å². The number of pyridine rings is 1. The van der Waals surface area contributed by atoms with E-state index < -0.39 is 17.5 Å². The third-order valence-electron chi connectivity index (χ3n) is 4.42. The number of hydrogen-bond acceptors (Lipinski definition) is 3. The van der Waals surface area contributed by atoms with E-state index in [1.165, 1.54) is 24.3 Å². The molecule has 0 bridgehead atoms. The molecule has 0 spiro atoms. The van der Waals surface area contributed by atoms with E-state index in [0.29, 0.717) is 28.8 Å². The molecule has 2 heterocycles. The number of aromatic nitrogens is 2. The Balaban J connectivity index is 1.69. The van der Waals surface area contributed by atoms with Crippen LogP contribution < -0.4 is 5.32 Å². The number of aromatic amines is 1. The number of nitrogens with zero attached hydrogens (tertiary/aromatic N) is 1. The van der Waals surface area contributed by atoms with Gasteiger partial charge >= 0.3 is 0 Å². The van der Waals surface area contributed by atoms with Crippen LogP contribution in [0.3, 0.4) is 0 Å². The summed E-state index contributed by atoms with van der Waals surface area (Å²) in [6.45, 7) is 0. The highest BCUT2D eigenvalue weighted by Crippen LogP contribution is 2.25. The van der Waals surface area contributed by atoms with Gasteiger partial charge in [-0.15, -0.1) is 0 Å². The maximum atomic E-state index is 13.1. The van der Waals surface area contributed by atoms with Gasteiger partial charge in [-0.1, -0.05) is 24.3 Å². The van der Waals surface area contributed by atoms with Crippen molar-refractivity contribution in [3.05, 3.63) is 95.7 Å². The molecular weight excluding hydrogens is 357 g/mol. The van der Waals surface area contributed by atoms with Crippen LogP contribution in [-0.2, 0) is 11.2 Å². The fraction of sp³-hybridized carbons (Fsp3) is 0.0455. The van der Waals surface area contributed by atoms with Gasteiger partial charge in [-0.05, 0) is 42.0 Å². The minimum absolute atomic E-state index is 0.332. The summed E-state index contributed by atoms with van der Waals surface area (Å²) in [5, 5.41) is 3.21. The van der Waals surface area contributed by atoms with E-state index >= 15 is 0 Å². The lowest BCUT2D eigenvalue weighted by Gasteiger charge is -2.06. The lowest BCUT2D eigenvalue weighted by molar-refractivity contribution is -0.112. The van der Waals surface area contributed by atoms with Crippen LogP contribution >= 0.6 is 0 Å². The fourth-order valence-corrected chi connectivity index (χ4v) is 3.13. The zero-order valence-electron chi connectivity index (χ0n) is 14.8. The largest absolute Gasteiger partial charge is 0.357 e. The second-order valence-electron chi connectivity index (χ2n) is 6.35. The molecular formula is C22H16FN3O2. The summed E-state index contributed by atoms with van der Waals surface area (Å²) in [5.74, 6) is -1.84. The van der Waals surface area contributed by atoms with Crippen LogP contribution in [0.4, 0.5) is 10.1 Å². The number of H-pyrrole nitrogens is 1. The Hall–Kier alpha value is -3.80. The number of hydrogen-bond donors (Lipinski definition) is 2. The molecule has 6 heteroatoms. The maximum absolute atomic E-state index is 13.1. The van der Waals surface area contributed by atoms with Gasteiger partial charge in [-0.3, -0.25) is 14.6 Å². The zero-order valence-corrected chi connectivity index (χ0v) is 14.8. The molecule has 5 nitrogen and oxygen atoms in total. The fourth-order valence-electron chi connectivity index (χ4n) is 3.13. The van der Waals surface area contributed by atoms with Crippen LogP contribution in [0.2, 0.25) is 0 Å². The van der Waals surface area contributed by atoms with E-state index in [1.807, 2.05) is 30.3 Å². The predicted octanol–water partition coefficient (Wildman–Crippen LogP) is 4.11. The number of ketones is 1. The van der Waals surface area contributed by atoms with Gasteiger partial charge < -0.3 is 10.3 Å². The molecule has 0 aliphatic carbocycles. The van der Waals surface area contributed by atoms with Gasteiger partial charge in [0.05, 0.1) is 5.56 Å². The van der Waals surface area contributed by atoms with Crippen molar-refractivity contribution in [2.75, 3.05) is 5.32 Å². The summed E-state index contributed by atoms with van der Waals surface area (Å²) < 4.78 is 13.1. The van der Waals surface area contributed by atoms with E-state index in [0.717, 1.165) is 11.1 Å². The molecule has 4 rings (SSSR count). The highest BCUT2D eigenvalue weighted by Gasteiger charge is 2.24. The minimum Gasteiger partial charge on any atom is -0.357 e. The second-order valence-corrected chi connectivity index (χ2v) is 6.35. The molecule has 4 aromatic rings. The Morgan fingerprint density at radius 3 is 2.54 bits per heavy atom. The van der Waals surface area contributed by atoms with E-state index in [-0.39, 0.29) is 0 Å². The number of Topliss-reactive ketones (excluding diaryl/α,β-unsaturated/α-hetero) is 1. The highest BCUT2D eigenvalue weighted by molar-refractivity contribution is 6.48. The van der Waals surface area contributed by atoms with Gasteiger partial charge in [0.15, 0.2) is 0 Å². The van der Waals surface area contributed by atoms with Crippen LogP contribution in [0.5, 0.6) is 0 Å². The molecule has 0 saturated carbocycles. The average molecular weight is 373 g/mol. The van der Waals surface area contributed by atoms with Gasteiger partial charge in [0.25, 0.3) is 11.7 Å². The molecule has 0 aliphatic rings. The summed E-state index contributed by atoms with van der Waals surface area (Å²) in [6.07, 6.45) is 3.84. The van der Waals surface area contributed by atoms with Crippen LogP contribution in [0.1, 0.15) is 21.6 Å². The number of halogens is 1. The molecule has 138 valence electrons. The smallest absolute Gasteiger partial charge is 0.296 e. The van der Waals surface area contributed by atoms with Gasteiger partial charge in [0, 0.05) is 41.1 Å². The highest BCUT2D eigenvalue weighted by atomic mass is 19.1. The van der Waals surface area contributed by atoms with Crippen molar-refractivity contribution in [1.82, 2.24) is 9.97 Å². The minimum atomic E-state index is -0.774. The van der Waals surface area contributed by atoms with E-state index in [1.54, 1.807) is 18.5 Å². The summed E-state index contributed by atoms with van der Waals surface area (Å²) in [4.78, 5) is 32.9. The van der Waals surface area contributed by atoms with Gasteiger partial charge in [-0.2, -0.15) is 0 Å². The normalized spacial score (nSPS) is 10.8. The van der Waals surface area contributed by atoms with Crippen molar-refractivity contribution in [2.24, 2.45) is 0 Å². The standard InChI is InChI=1S/C22H16FN3O2/c23-15-7-9-16(10-8-15)25-22(28)21(27)20-17-5-1-2-6-18(17)26-19(20)12-14-4-3-11-24-13-14/h1-11,13,26H,12H2,(H,25,28). The molecule has 0 radical (unpaired) electrons. The molecule has 28 heavy (non-hydrogen) atoms. The second kappa shape index (κ2) is 7.44. The lowest BCUT2D eigenvalue weighted by atomic mass is 10.0. The number of benzene rings is 2. The number of anilines is 1. The Morgan fingerprint density at radius 2 is 1.79 bits per heavy atom. The third-order valence-corrected chi connectivity index (χ3v) is 4.42. The van der Waals surface area contributed by atoms with E-state index in [9.17, 15) is 14.0 Å². The van der Waals surface area contributed by atoms with Crippen molar-refractivity contribution in [2.45, 2.75) is 6.42 Å². The first-order chi connectivity index (χ1) is 13.6. The van der Waals surface area contributed by atoms with E-state index in [2.05, 4.69) is 15.3 Å². The first-order valence-electron chi connectivity index (χ1n) is 8.71. The molecule has 2 aromatic carbocycles. The number of carbonyl (C=O) groups is 2. The van der Waals surface area contributed by atoms with Crippen LogP contribution in [0.15, 0.2) is 73.1 Å². The predicted molar refractivity (Wildman–Crippen MR) is 105 cm³/mol. The summed E-state index contributed by atoms with van der Waals surface area (Å²) in [5.41, 5.74) is 3.03. The topological polar surface area (TPSA) is 74.8 Å². The summed E-state index contributed by atoms with van der Waals surface area (Å²) in [6, 6.07) is 16.3. The van der Waals surface area contributed by atoms with Crippen molar-refractivity contribution in [1.29, 1.82) is 0 Å². The molecule has 0 fully saturated rings. The zero-order chi connectivity index (χ0) is 19.5. The Labute approximate surface area is 160 Å². The first kappa shape index (κ1) is 17.6. The third kappa shape index (κ3) is 3.53.